The summed E-state index contributed by atoms with van der Waals surface area (Å²) in [6.07, 6.45) is -3.37. The van der Waals surface area contributed by atoms with Gasteiger partial charge in [-0.3, -0.25) is 15.4 Å². The number of benzene rings is 1. The molecule has 0 saturated carbocycles. The zero-order chi connectivity index (χ0) is 16.1. The van der Waals surface area contributed by atoms with E-state index in [-0.39, 0.29) is 24.6 Å². The van der Waals surface area contributed by atoms with Gasteiger partial charge in [-0.1, -0.05) is 5.23 Å². The molecule has 1 fully saturated rings. The van der Waals surface area contributed by atoms with E-state index in [1.54, 1.807) is 24.3 Å². The minimum absolute atomic E-state index is 0.00788. The number of nitrogens with zero attached hydrogens (tertiary/aromatic N) is 2. The van der Waals surface area contributed by atoms with Gasteiger partial charge in [0.25, 0.3) is 0 Å². The first-order chi connectivity index (χ1) is 10.5. The Bertz CT molecular complexity index is 481. The van der Waals surface area contributed by atoms with Crippen LogP contribution in [0.25, 0.3) is 0 Å². The first-order valence-electron chi connectivity index (χ1n) is 6.90. The third-order valence-electron chi connectivity index (χ3n) is 3.44. The highest BCUT2D eigenvalue weighted by Crippen LogP contribution is 2.26. The monoisotopic (exact) mass is 312 g/mol. The molecule has 0 radical (unpaired) electrons. The van der Waals surface area contributed by atoms with Crippen LogP contribution >= 0.6 is 0 Å². The molecule has 0 spiro atoms. The largest absolute Gasteiger partial charge is 0.465 e. The third kappa shape index (κ3) is 4.47. The molecule has 2 rings (SSSR count). The number of hydrogen-bond donors (Lipinski definition) is 4. The first kappa shape index (κ1) is 16.8. The quantitative estimate of drug-likeness (QED) is 0.451. The molecule has 122 valence electrons. The lowest BCUT2D eigenvalue weighted by molar-refractivity contribution is -0.313. The zero-order valence-corrected chi connectivity index (χ0v) is 11.9. The molecule has 0 amide bonds. The average Bonchev–Trinajstić information content (AvgIpc) is 2.50. The summed E-state index contributed by atoms with van der Waals surface area (Å²) in [6, 6.07) is 6.85. The van der Waals surface area contributed by atoms with Gasteiger partial charge in [0, 0.05) is 6.42 Å². The Labute approximate surface area is 127 Å². The third-order valence-corrected chi connectivity index (χ3v) is 3.44. The molecule has 1 aromatic carbocycles. The van der Waals surface area contributed by atoms with Gasteiger partial charge < -0.3 is 19.7 Å². The second-order valence-corrected chi connectivity index (χ2v) is 5.05. The van der Waals surface area contributed by atoms with E-state index < -0.39 is 24.6 Å². The standard InChI is InChI=1S/C14H20N2O6/c1-15-9-2-4-10(5-3-9)21-13-8-11(17)14(18)12(22-13)6-7-16(19)20/h2-5,11-14,17-20H,1,6-8H2/t11?,12?,13-,14-/m0/s1. The fourth-order valence-electron chi connectivity index (χ4n) is 2.25. The number of hydrogen-bond acceptors (Lipinski definition) is 8. The van der Waals surface area contributed by atoms with Crippen LogP contribution in [0.2, 0.25) is 0 Å². The van der Waals surface area contributed by atoms with Crippen LogP contribution in [0.5, 0.6) is 5.75 Å². The van der Waals surface area contributed by atoms with Crippen molar-refractivity contribution in [2.45, 2.75) is 37.4 Å². The van der Waals surface area contributed by atoms with E-state index in [0.717, 1.165) is 0 Å². The predicted molar refractivity (Wildman–Crippen MR) is 76.5 cm³/mol. The van der Waals surface area contributed by atoms with E-state index in [2.05, 4.69) is 11.7 Å². The molecule has 0 aromatic heterocycles. The Morgan fingerprint density at radius 1 is 1.27 bits per heavy atom. The van der Waals surface area contributed by atoms with E-state index in [0.29, 0.717) is 11.4 Å². The van der Waals surface area contributed by atoms with Crippen LogP contribution < -0.4 is 4.74 Å². The molecule has 1 aromatic rings. The van der Waals surface area contributed by atoms with E-state index in [1.165, 1.54) is 0 Å². The summed E-state index contributed by atoms with van der Waals surface area (Å²) < 4.78 is 11.2. The first-order valence-corrected chi connectivity index (χ1v) is 6.90. The molecule has 4 atom stereocenters. The van der Waals surface area contributed by atoms with Gasteiger partial charge in [-0.05, 0) is 37.4 Å². The summed E-state index contributed by atoms with van der Waals surface area (Å²) in [7, 11) is 0. The molecule has 1 heterocycles. The molecule has 1 aliphatic heterocycles. The Morgan fingerprint density at radius 2 is 1.95 bits per heavy atom. The van der Waals surface area contributed by atoms with Gasteiger partial charge in [0.05, 0.1) is 24.4 Å². The molecular weight excluding hydrogens is 292 g/mol. The Kier molecular flexibility index (Phi) is 5.83. The summed E-state index contributed by atoms with van der Waals surface area (Å²) in [4.78, 5) is 3.77. The summed E-state index contributed by atoms with van der Waals surface area (Å²) >= 11 is 0. The van der Waals surface area contributed by atoms with Gasteiger partial charge in [0.2, 0.25) is 6.29 Å². The average molecular weight is 312 g/mol. The molecule has 1 saturated heterocycles. The highest BCUT2D eigenvalue weighted by atomic mass is 16.8. The summed E-state index contributed by atoms with van der Waals surface area (Å²) in [6.45, 7) is 3.29. The molecule has 22 heavy (non-hydrogen) atoms. The van der Waals surface area contributed by atoms with Crippen molar-refractivity contribution in [2.75, 3.05) is 6.54 Å². The highest BCUT2D eigenvalue weighted by molar-refractivity contribution is 5.47. The van der Waals surface area contributed by atoms with Gasteiger partial charge in [0.1, 0.15) is 11.9 Å². The molecule has 8 nitrogen and oxygen atoms in total. The molecule has 8 heteroatoms. The topological polar surface area (TPSA) is 115 Å². The minimum atomic E-state index is -1.10. The van der Waals surface area contributed by atoms with Crippen molar-refractivity contribution in [1.82, 2.24) is 5.23 Å². The summed E-state index contributed by atoms with van der Waals surface area (Å²) in [5.74, 6) is 0.533. The van der Waals surface area contributed by atoms with Crippen LogP contribution in [0.15, 0.2) is 29.3 Å². The van der Waals surface area contributed by atoms with Gasteiger partial charge in [-0.15, -0.1) is 0 Å². The number of aliphatic hydroxyl groups excluding tert-OH is 2. The maximum Gasteiger partial charge on any atom is 0.202 e. The second kappa shape index (κ2) is 7.63. The molecule has 4 N–H and O–H groups in total. The molecular formula is C14H20N2O6. The lowest BCUT2D eigenvalue weighted by atomic mass is 9.99. The Balaban J connectivity index is 1.96. The summed E-state index contributed by atoms with van der Waals surface area (Å²) in [5, 5.41) is 37.2. The maximum atomic E-state index is 9.87. The SMILES string of the molecule is C=Nc1ccc(O[C@@H]2CC(O)[C@H](O)C(CCN(O)O)O2)cc1. The fraction of sp³-hybridized carbons (Fsp3) is 0.500. The van der Waals surface area contributed by atoms with Gasteiger partial charge >= 0.3 is 0 Å². The lowest BCUT2D eigenvalue weighted by Crippen LogP contribution is -2.50. The van der Waals surface area contributed by atoms with Gasteiger partial charge in [0.15, 0.2) is 0 Å². The van der Waals surface area contributed by atoms with Crippen LogP contribution in [-0.4, -0.2) is 63.7 Å². The molecule has 0 bridgehead atoms. The molecule has 2 unspecified atom stereocenters. The van der Waals surface area contributed by atoms with Crippen molar-refractivity contribution in [3.8, 4) is 5.75 Å². The van der Waals surface area contributed by atoms with E-state index in [4.69, 9.17) is 19.9 Å². The number of aliphatic imine (C=N–C) groups is 1. The van der Waals surface area contributed by atoms with Crippen LogP contribution in [0.3, 0.4) is 0 Å². The minimum Gasteiger partial charge on any atom is -0.465 e. The number of rotatable bonds is 6. The Morgan fingerprint density at radius 3 is 2.55 bits per heavy atom. The van der Waals surface area contributed by atoms with Crippen LogP contribution in [0.4, 0.5) is 5.69 Å². The second-order valence-electron chi connectivity index (χ2n) is 5.05. The smallest absolute Gasteiger partial charge is 0.202 e. The highest BCUT2D eigenvalue weighted by Gasteiger charge is 2.37. The maximum absolute atomic E-state index is 9.87. The molecule has 1 aliphatic rings. The summed E-state index contributed by atoms with van der Waals surface area (Å²) in [5.41, 5.74) is 0.705. The van der Waals surface area contributed by atoms with Crippen molar-refractivity contribution in [3.63, 3.8) is 0 Å². The van der Waals surface area contributed by atoms with Crippen molar-refractivity contribution >= 4 is 12.4 Å². The predicted octanol–water partition coefficient (Wildman–Crippen LogP) is 0.705. The number of aliphatic hydroxyl groups is 2. The van der Waals surface area contributed by atoms with Gasteiger partial charge in [-0.25, -0.2) is 0 Å². The van der Waals surface area contributed by atoms with Crippen LogP contribution in [0, 0.1) is 0 Å². The van der Waals surface area contributed by atoms with Crippen LogP contribution in [0.1, 0.15) is 12.8 Å². The lowest BCUT2D eigenvalue weighted by Gasteiger charge is -2.37. The van der Waals surface area contributed by atoms with E-state index in [9.17, 15) is 10.2 Å². The van der Waals surface area contributed by atoms with E-state index >= 15 is 0 Å². The van der Waals surface area contributed by atoms with E-state index in [1.807, 2.05) is 0 Å². The number of hydroxylamine groups is 2. The fourth-order valence-corrected chi connectivity index (χ4v) is 2.25. The van der Waals surface area contributed by atoms with Crippen molar-refractivity contribution < 1.29 is 30.1 Å². The van der Waals surface area contributed by atoms with Crippen molar-refractivity contribution in [2.24, 2.45) is 4.99 Å². The Hall–Kier alpha value is -1.55. The number of ether oxygens (including phenoxy) is 2. The van der Waals surface area contributed by atoms with Crippen LogP contribution in [-0.2, 0) is 4.74 Å². The van der Waals surface area contributed by atoms with Crippen molar-refractivity contribution in [3.05, 3.63) is 24.3 Å². The zero-order valence-electron chi connectivity index (χ0n) is 11.9. The van der Waals surface area contributed by atoms with Crippen molar-refractivity contribution in [1.29, 1.82) is 0 Å². The normalized spacial score (nSPS) is 28.6. The molecule has 0 aliphatic carbocycles. The van der Waals surface area contributed by atoms with Gasteiger partial charge in [-0.2, -0.15) is 0 Å².